The summed E-state index contributed by atoms with van der Waals surface area (Å²) >= 11 is 0. The van der Waals surface area contributed by atoms with Gasteiger partial charge in [-0.1, -0.05) is 30.3 Å². The molecule has 2 unspecified atom stereocenters. The van der Waals surface area contributed by atoms with E-state index in [0.29, 0.717) is 6.61 Å². The van der Waals surface area contributed by atoms with E-state index < -0.39 is 0 Å². The summed E-state index contributed by atoms with van der Waals surface area (Å²) in [6, 6.07) is 10.3. The number of rotatable bonds is 3. The Kier molecular flexibility index (Phi) is 6.16. The van der Waals surface area contributed by atoms with Crippen LogP contribution in [0.15, 0.2) is 30.3 Å². The molecule has 1 aliphatic rings. The van der Waals surface area contributed by atoms with Gasteiger partial charge in [0.2, 0.25) is 0 Å². The SMILES string of the molecule is CCOC(=O)C1CNCCC1c1ccccc1.Cl. The number of hydrogen-bond acceptors (Lipinski definition) is 3. The molecule has 2 rings (SSSR count). The van der Waals surface area contributed by atoms with Crippen molar-refractivity contribution in [1.82, 2.24) is 5.32 Å². The minimum Gasteiger partial charge on any atom is -0.466 e. The van der Waals surface area contributed by atoms with Crippen LogP contribution in [0.25, 0.3) is 0 Å². The van der Waals surface area contributed by atoms with Gasteiger partial charge in [0.05, 0.1) is 12.5 Å². The molecular formula is C14H20ClNO2. The smallest absolute Gasteiger partial charge is 0.310 e. The van der Waals surface area contributed by atoms with E-state index in [4.69, 9.17) is 4.74 Å². The molecule has 100 valence electrons. The van der Waals surface area contributed by atoms with Crippen molar-refractivity contribution in [2.24, 2.45) is 5.92 Å². The fourth-order valence-corrected chi connectivity index (χ4v) is 2.45. The van der Waals surface area contributed by atoms with Crippen LogP contribution < -0.4 is 5.32 Å². The molecule has 1 heterocycles. The summed E-state index contributed by atoms with van der Waals surface area (Å²) < 4.78 is 5.15. The topological polar surface area (TPSA) is 38.3 Å². The predicted octanol–water partition coefficient (Wildman–Crippen LogP) is 2.36. The third-order valence-electron chi connectivity index (χ3n) is 3.30. The first-order chi connectivity index (χ1) is 8.33. The van der Waals surface area contributed by atoms with Crippen LogP contribution in [0, 0.1) is 5.92 Å². The lowest BCUT2D eigenvalue weighted by atomic mass is 9.81. The zero-order valence-corrected chi connectivity index (χ0v) is 11.4. The Morgan fingerprint density at radius 3 is 2.78 bits per heavy atom. The predicted molar refractivity (Wildman–Crippen MR) is 74.0 cm³/mol. The number of carbonyl (C=O) groups is 1. The molecule has 0 aliphatic carbocycles. The van der Waals surface area contributed by atoms with Gasteiger partial charge in [-0.15, -0.1) is 12.4 Å². The van der Waals surface area contributed by atoms with Crippen LogP contribution in [0.2, 0.25) is 0 Å². The number of ether oxygens (including phenoxy) is 1. The first kappa shape index (κ1) is 15.0. The highest BCUT2D eigenvalue weighted by atomic mass is 35.5. The number of piperidine rings is 1. The maximum absolute atomic E-state index is 11.9. The molecule has 1 aliphatic heterocycles. The highest BCUT2D eigenvalue weighted by Crippen LogP contribution is 2.30. The highest BCUT2D eigenvalue weighted by Gasteiger charge is 2.32. The molecule has 0 amide bonds. The van der Waals surface area contributed by atoms with E-state index in [1.165, 1.54) is 5.56 Å². The van der Waals surface area contributed by atoms with E-state index in [1.807, 2.05) is 25.1 Å². The van der Waals surface area contributed by atoms with Crippen molar-refractivity contribution in [1.29, 1.82) is 0 Å². The second-order valence-corrected chi connectivity index (χ2v) is 4.37. The Bertz CT molecular complexity index is 369. The molecule has 1 aromatic carbocycles. The zero-order chi connectivity index (χ0) is 12.1. The summed E-state index contributed by atoms with van der Waals surface area (Å²) in [5.74, 6) is 0.163. The van der Waals surface area contributed by atoms with Gasteiger partial charge in [-0.3, -0.25) is 4.79 Å². The Balaban J connectivity index is 0.00000162. The minimum atomic E-state index is -0.0754. The summed E-state index contributed by atoms with van der Waals surface area (Å²) in [5.41, 5.74) is 1.24. The van der Waals surface area contributed by atoms with Crippen LogP contribution in [0.3, 0.4) is 0 Å². The number of halogens is 1. The third kappa shape index (κ3) is 3.47. The van der Waals surface area contributed by atoms with Gasteiger partial charge in [-0.05, 0) is 31.4 Å². The van der Waals surface area contributed by atoms with Crippen molar-refractivity contribution in [2.45, 2.75) is 19.3 Å². The van der Waals surface area contributed by atoms with Crippen molar-refractivity contribution < 1.29 is 9.53 Å². The number of esters is 1. The van der Waals surface area contributed by atoms with E-state index in [9.17, 15) is 4.79 Å². The Morgan fingerprint density at radius 2 is 2.11 bits per heavy atom. The summed E-state index contributed by atoms with van der Waals surface area (Å²) in [4.78, 5) is 11.9. The molecule has 2 atom stereocenters. The first-order valence-corrected chi connectivity index (χ1v) is 6.25. The molecular weight excluding hydrogens is 250 g/mol. The molecule has 4 heteroatoms. The van der Waals surface area contributed by atoms with Gasteiger partial charge in [-0.25, -0.2) is 0 Å². The molecule has 18 heavy (non-hydrogen) atoms. The molecule has 0 saturated carbocycles. The maximum atomic E-state index is 11.9. The van der Waals surface area contributed by atoms with Crippen LogP contribution in [0.5, 0.6) is 0 Å². The first-order valence-electron chi connectivity index (χ1n) is 6.25. The minimum absolute atomic E-state index is 0. The second-order valence-electron chi connectivity index (χ2n) is 4.37. The van der Waals surface area contributed by atoms with Gasteiger partial charge in [0.15, 0.2) is 0 Å². The molecule has 1 aromatic rings. The monoisotopic (exact) mass is 269 g/mol. The zero-order valence-electron chi connectivity index (χ0n) is 10.6. The van der Waals surface area contributed by atoms with Crippen molar-refractivity contribution >= 4 is 18.4 Å². The summed E-state index contributed by atoms with van der Waals surface area (Å²) in [7, 11) is 0. The largest absolute Gasteiger partial charge is 0.466 e. The van der Waals surface area contributed by atoms with Crippen LogP contribution in [0.1, 0.15) is 24.8 Å². The average Bonchev–Trinajstić information content (AvgIpc) is 2.40. The van der Waals surface area contributed by atoms with Crippen molar-refractivity contribution in [3.8, 4) is 0 Å². The van der Waals surface area contributed by atoms with Gasteiger partial charge in [0.1, 0.15) is 0 Å². The summed E-state index contributed by atoms with van der Waals surface area (Å²) in [6.45, 7) is 4.00. The number of carbonyl (C=O) groups excluding carboxylic acids is 1. The van der Waals surface area contributed by atoms with Crippen LogP contribution in [-0.4, -0.2) is 25.7 Å². The van der Waals surface area contributed by atoms with E-state index in [2.05, 4.69) is 17.4 Å². The lowest BCUT2D eigenvalue weighted by molar-refractivity contribution is -0.149. The number of hydrogen-bond donors (Lipinski definition) is 1. The van der Waals surface area contributed by atoms with E-state index in [0.717, 1.165) is 19.5 Å². The second kappa shape index (κ2) is 7.39. The quantitative estimate of drug-likeness (QED) is 0.856. The number of nitrogens with one attached hydrogen (secondary N) is 1. The van der Waals surface area contributed by atoms with Crippen LogP contribution in [0.4, 0.5) is 0 Å². The van der Waals surface area contributed by atoms with E-state index in [-0.39, 0.29) is 30.2 Å². The Labute approximate surface area is 114 Å². The molecule has 0 aromatic heterocycles. The highest BCUT2D eigenvalue weighted by molar-refractivity contribution is 5.85. The van der Waals surface area contributed by atoms with Gasteiger partial charge in [0, 0.05) is 6.54 Å². The molecule has 3 nitrogen and oxygen atoms in total. The van der Waals surface area contributed by atoms with Crippen LogP contribution >= 0.6 is 12.4 Å². The van der Waals surface area contributed by atoms with Gasteiger partial charge < -0.3 is 10.1 Å². The molecule has 0 spiro atoms. The van der Waals surface area contributed by atoms with Crippen molar-refractivity contribution in [2.75, 3.05) is 19.7 Å². The normalized spacial score (nSPS) is 22.9. The lowest BCUT2D eigenvalue weighted by Gasteiger charge is -2.30. The molecule has 1 fully saturated rings. The van der Waals surface area contributed by atoms with Crippen LogP contribution in [-0.2, 0) is 9.53 Å². The average molecular weight is 270 g/mol. The maximum Gasteiger partial charge on any atom is 0.310 e. The molecule has 0 bridgehead atoms. The molecule has 0 radical (unpaired) electrons. The molecule has 1 N–H and O–H groups in total. The fraction of sp³-hybridized carbons (Fsp3) is 0.500. The molecule has 1 saturated heterocycles. The Hall–Kier alpha value is -1.06. The van der Waals surface area contributed by atoms with Gasteiger partial charge in [0.25, 0.3) is 0 Å². The Morgan fingerprint density at radius 1 is 1.39 bits per heavy atom. The van der Waals surface area contributed by atoms with Crippen molar-refractivity contribution in [3.05, 3.63) is 35.9 Å². The number of benzene rings is 1. The lowest BCUT2D eigenvalue weighted by Crippen LogP contribution is -2.40. The van der Waals surface area contributed by atoms with Gasteiger partial charge >= 0.3 is 5.97 Å². The van der Waals surface area contributed by atoms with Crippen molar-refractivity contribution in [3.63, 3.8) is 0 Å². The standard InChI is InChI=1S/C14H19NO2.ClH/c1-2-17-14(16)13-10-15-9-8-12(13)11-6-4-3-5-7-11;/h3-7,12-13,15H,2,8-10H2,1H3;1H. The summed E-state index contributed by atoms with van der Waals surface area (Å²) in [5, 5.41) is 3.27. The van der Waals surface area contributed by atoms with E-state index in [1.54, 1.807) is 0 Å². The van der Waals surface area contributed by atoms with E-state index >= 15 is 0 Å². The fourth-order valence-electron chi connectivity index (χ4n) is 2.45. The van der Waals surface area contributed by atoms with Gasteiger partial charge in [-0.2, -0.15) is 0 Å². The summed E-state index contributed by atoms with van der Waals surface area (Å²) in [6.07, 6.45) is 0.994. The third-order valence-corrected chi connectivity index (χ3v) is 3.30.